The molecule has 0 aliphatic carbocycles. The molecule has 0 spiro atoms. The van der Waals surface area contributed by atoms with Crippen LogP contribution in [0.2, 0.25) is 0 Å². The number of nitrogens with zero attached hydrogens (tertiary/aromatic N) is 2. The van der Waals surface area contributed by atoms with E-state index >= 15 is 0 Å². The van der Waals surface area contributed by atoms with Crippen LogP contribution in [0.15, 0.2) is 30.3 Å². The van der Waals surface area contributed by atoms with Crippen LogP contribution in [0, 0.1) is 13.8 Å². The van der Waals surface area contributed by atoms with Crippen molar-refractivity contribution in [2.24, 2.45) is 7.05 Å². The number of hydrogen-bond donors (Lipinski definition) is 0. The van der Waals surface area contributed by atoms with Crippen LogP contribution in [-0.2, 0) is 21.4 Å². The molecule has 27 heavy (non-hydrogen) atoms. The van der Waals surface area contributed by atoms with E-state index in [1.54, 1.807) is 6.07 Å². The quantitative estimate of drug-likeness (QED) is 0.459. The van der Waals surface area contributed by atoms with Crippen molar-refractivity contribution in [3.63, 3.8) is 0 Å². The number of benzene rings is 1. The Hall–Kier alpha value is -3.22. The number of carbonyl (C=O) groups excluding carboxylic acids is 4. The van der Waals surface area contributed by atoms with Gasteiger partial charge >= 0.3 is 5.97 Å². The highest BCUT2D eigenvalue weighted by atomic mass is 16.5. The van der Waals surface area contributed by atoms with Crippen molar-refractivity contribution in [1.29, 1.82) is 0 Å². The maximum atomic E-state index is 12.3. The highest BCUT2D eigenvalue weighted by Gasteiger charge is 2.30. The van der Waals surface area contributed by atoms with Gasteiger partial charge in [0.05, 0.1) is 11.3 Å². The molecule has 0 radical (unpaired) electrons. The summed E-state index contributed by atoms with van der Waals surface area (Å²) in [6.45, 7) is 3.38. The molecule has 2 aromatic rings. The number of imide groups is 1. The first-order chi connectivity index (χ1) is 12.8. The van der Waals surface area contributed by atoms with Crippen molar-refractivity contribution in [3.05, 3.63) is 52.8 Å². The topological polar surface area (TPSA) is 85.7 Å². The van der Waals surface area contributed by atoms with Gasteiger partial charge < -0.3 is 9.30 Å². The summed E-state index contributed by atoms with van der Waals surface area (Å²) in [7, 11) is 1.87. The Balaban J connectivity index is 1.64. The van der Waals surface area contributed by atoms with Crippen molar-refractivity contribution < 1.29 is 23.9 Å². The second kappa shape index (κ2) is 7.19. The average Bonchev–Trinajstić information content (AvgIpc) is 3.13. The number of aryl methyl sites for hydroxylation is 1. The first-order valence-electron chi connectivity index (χ1n) is 8.58. The summed E-state index contributed by atoms with van der Waals surface area (Å²) in [6.07, 6.45) is 0.395. The first kappa shape index (κ1) is 18.6. The smallest absolute Gasteiger partial charge is 0.338 e. The van der Waals surface area contributed by atoms with Crippen LogP contribution < -0.4 is 4.90 Å². The van der Waals surface area contributed by atoms with Crippen LogP contribution in [0.1, 0.15) is 44.9 Å². The molecule has 0 bridgehead atoms. The Morgan fingerprint density at radius 2 is 1.63 bits per heavy atom. The van der Waals surface area contributed by atoms with Gasteiger partial charge in [0, 0.05) is 36.8 Å². The molecule has 0 atom stereocenters. The van der Waals surface area contributed by atoms with Crippen LogP contribution in [-0.4, -0.2) is 34.7 Å². The molecule has 0 unspecified atom stereocenters. The molecule has 2 heterocycles. The number of anilines is 1. The number of carbonyl (C=O) groups is 4. The summed E-state index contributed by atoms with van der Waals surface area (Å²) in [5.41, 5.74) is 2.96. The predicted molar refractivity (Wildman–Crippen MR) is 97.7 cm³/mol. The lowest BCUT2D eigenvalue weighted by molar-refractivity contribution is -0.121. The van der Waals surface area contributed by atoms with Crippen LogP contribution in [0.5, 0.6) is 0 Å². The van der Waals surface area contributed by atoms with Crippen LogP contribution in [0.25, 0.3) is 0 Å². The molecule has 1 saturated heterocycles. The van der Waals surface area contributed by atoms with E-state index in [0.29, 0.717) is 11.3 Å². The van der Waals surface area contributed by atoms with Gasteiger partial charge in [-0.2, -0.15) is 0 Å². The van der Waals surface area contributed by atoms with Gasteiger partial charge in [-0.15, -0.1) is 0 Å². The molecule has 7 nitrogen and oxygen atoms in total. The third-order valence-electron chi connectivity index (χ3n) is 4.82. The van der Waals surface area contributed by atoms with Gasteiger partial charge in [-0.1, -0.05) is 0 Å². The summed E-state index contributed by atoms with van der Waals surface area (Å²) >= 11 is 0. The SMILES string of the molecule is Cc1cc(C(=O)COC(=O)c2ccc(N3C(=O)CCC3=O)cc2)c(C)n1C. The molecule has 1 fully saturated rings. The molecular formula is C20H20N2O5. The first-order valence-corrected chi connectivity index (χ1v) is 8.58. The maximum absolute atomic E-state index is 12.3. The lowest BCUT2D eigenvalue weighted by Crippen LogP contribution is -2.28. The zero-order valence-corrected chi connectivity index (χ0v) is 15.4. The molecule has 1 aromatic carbocycles. The predicted octanol–water partition coefficient (Wildman–Crippen LogP) is 2.34. The van der Waals surface area contributed by atoms with Crippen molar-refractivity contribution in [1.82, 2.24) is 4.57 Å². The lowest BCUT2D eigenvalue weighted by Gasteiger charge is -2.14. The Morgan fingerprint density at radius 1 is 1.04 bits per heavy atom. The second-order valence-corrected chi connectivity index (χ2v) is 6.51. The molecule has 1 aliphatic heterocycles. The largest absolute Gasteiger partial charge is 0.454 e. The summed E-state index contributed by atoms with van der Waals surface area (Å²) in [4.78, 5) is 49.1. The fourth-order valence-electron chi connectivity index (χ4n) is 3.04. The van der Waals surface area contributed by atoms with E-state index in [1.807, 2.05) is 25.5 Å². The molecule has 0 saturated carbocycles. The Kier molecular flexibility index (Phi) is 4.94. The van der Waals surface area contributed by atoms with E-state index in [4.69, 9.17) is 4.74 Å². The minimum absolute atomic E-state index is 0.198. The number of aromatic nitrogens is 1. The van der Waals surface area contributed by atoms with E-state index in [1.165, 1.54) is 24.3 Å². The van der Waals surface area contributed by atoms with Crippen LogP contribution >= 0.6 is 0 Å². The van der Waals surface area contributed by atoms with Gasteiger partial charge in [-0.25, -0.2) is 4.79 Å². The van der Waals surface area contributed by atoms with Gasteiger partial charge in [-0.05, 0) is 44.2 Å². The van der Waals surface area contributed by atoms with Crippen LogP contribution in [0.4, 0.5) is 5.69 Å². The molecule has 2 amide bonds. The highest BCUT2D eigenvalue weighted by molar-refractivity contribution is 6.19. The van der Waals surface area contributed by atoms with Crippen molar-refractivity contribution >= 4 is 29.3 Å². The second-order valence-electron chi connectivity index (χ2n) is 6.51. The number of ketones is 1. The normalized spacial score (nSPS) is 14.0. The number of rotatable bonds is 5. The number of hydrogen-bond acceptors (Lipinski definition) is 5. The van der Waals surface area contributed by atoms with Crippen molar-refractivity contribution in [3.8, 4) is 0 Å². The maximum Gasteiger partial charge on any atom is 0.338 e. The molecule has 7 heteroatoms. The van der Waals surface area contributed by atoms with Crippen molar-refractivity contribution in [2.45, 2.75) is 26.7 Å². The molecule has 140 valence electrons. The minimum atomic E-state index is -0.640. The van der Waals surface area contributed by atoms with Crippen molar-refractivity contribution in [2.75, 3.05) is 11.5 Å². The zero-order chi connectivity index (χ0) is 19.7. The van der Waals surface area contributed by atoms with E-state index in [9.17, 15) is 19.2 Å². The lowest BCUT2D eigenvalue weighted by atomic mass is 10.1. The third kappa shape index (κ3) is 3.53. The molecule has 3 rings (SSSR count). The molecule has 1 aromatic heterocycles. The number of esters is 1. The van der Waals surface area contributed by atoms with E-state index < -0.39 is 5.97 Å². The van der Waals surface area contributed by atoms with E-state index in [2.05, 4.69) is 0 Å². The Bertz CT molecular complexity index is 924. The number of Topliss-reactive ketones (excluding diaryl/α,β-unsaturated/α-hetero) is 1. The summed E-state index contributed by atoms with van der Waals surface area (Å²) in [5.74, 6) is -1.42. The van der Waals surface area contributed by atoms with Crippen LogP contribution in [0.3, 0.4) is 0 Å². The molecular weight excluding hydrogens is 348 g/mol. The Labute approximate surface area is 156 Å². The van der Waals surface area contributed by atoms with Gasteiger partial charge in [0.15, 0.2) is 6.61 Å². The minimum Gasteiger partial charge on any atom is -0.454 e. The average molecular weight is 368 g/mol. The number of amides is 2. The fourth-order valence-corrected chi connectivity index (χ4v) is 3.04. The van der Waals surface area contributed by atoms with E-state index in [-0.39, 0.29) is 42.6 Å². The fraction of sp³-hybridized carbons (Fsp3) is 0.300. The zero-order valence-electron chi connectivity index (χ0n) is 15.4. The van der Waals surface area contributed by atoms with Gasteiger partial charge in [0.2, 0.25) is 17.6 Å². The summed E-state index contributed by atoms with van der Waals surface area (Å²) in [6, 6.07) is 7.75. The highest BCUT2D eigenvalue weighted by Crippen LogP contribution is 2.23. The van der Waals surface area contributed by atoms with Gasteiger partial charge in [0.1, 0.15) is 0 Å². The molecule has 1 aliphatic rings. The van der Waals surface area contributed by atoms with Gasteiger partial charge in [0.25, 0.3) is 0 Å². The standard InChI is InChI=1S/C20H20N2O5/c1-12-10-16(13(2)21(12)3)17(23)11-27-20(26)14-4-6-15(7-5-14)22-18(24)8-9-19(22)25/h4-7,10H,8-9,11H2,1-3H3. The van der Waals surface area contributed by atoms with Gasteiger partial charge in [-0.3, -0.25) is 19.3 Å². The summed E-state index contributed by atoms with van der Waals surface area (Å²) in [5, 5.41) is 0. The summed E-state index contributed by atoms with van der Waals surface area (Å²) < 4.78 is 7.01. The molecule has 0 N–H and O–H groups in total. The monoisotopic (exact) mass is 368 g/mol. The van der Waals surface area contributed by atoms with E-state index in [0.717, 1.165) is 16.3 Å². The third-order valence-corrected chi connectivity index (χ3v) is 4.82. The number of ether oxygens (including phenoxy) is 1. The Morgan fingerprint density at radius 3 is 2.15 bits per heavy atom.